The molecule has 1 aromatic rings. The molecule has 0 bridgehead atoms. The molecule has 1 rings (SSSR count). The first-order valence-corrected chi connectivity index (χ1v) is 5.19. The van der Waals surface area contributed by atoms with Crippen LogP contribution in [-0.4, -0.2) is 0 Å². The Kier molecular flexibility index (Phi) is 3.78. The van der Waals surface area contributed by atoms with Gasteiger partial charge in [-0.05, 0) is 12.1 Å². The highest BCUT2D eigenvalue weighted by Gasteiger charge is 2.03. The second-order valence-corrected chi connectivity index (χ2v) is 3.85. The van der Waals surface area contributed by atoms with Crippen molar-refractivity contribution in [2.45, 2.75) is 6.61 Å². The topological polar surface area (TPSA) is 43.4 Å². The fourth-order valence-corrected chi connectivity index (χ4v) is 1.34. The third-order valence-corrected chi connectivity index (χ3v) is 2.17. The summed E-state index contributed by atoms with van der Waals surface area (Å²) < 4.78 is 37.9. The van der Waals surface area contributed by atoms with Crippen LogP contribution in [0.15, 0.2) is 22.7 Å². The minimum absolute atomic E-state index is 0.211. The molecule has 0 aromatic heterocycles. The Balaban J connectivity index is 2.77. The molecular formula is C7H5BrFO3P. The van der Waals surface area contributed by atoms with Gasteiger partial charge in [0.15, 0.2) is 0 Å². The van der Waals surface area contributed by atoms with Crippen molar-refractivity contribution in [1.82, 2.24) is 0 Å². The van der Waals surface area contributed by atoms with Crippen LogP contribution in [0.5, 0.6) is 0 Å². The number of rotatable bonds is 3. The van der Waals surface area contributed by atoms with Gasteiger partial charge in [0.1, 0.15) is 5.82 Å². The molecule has 0 aliphatic heterocycles. The first-order chi connectivity index (χ1) is 6.09. The van der Waals surface area contributed by atoms with Gasteiger partial charge in [-0.15, -0.1) is 0 Å². The highest BCUT2D eigenvalue weighted by molar-refractivity contribution is 9.10. The van der Waals surface area contributed by atoms with E-state index in [1.807, 2.05) is 0 Å². The smallest absolute Gasteiger partial charge is 0.266 e. The van der Waals surface area contributed by atoms with Crippen LogP contribution in [0.2, 0.25) is 0 Å². The average Bonchev–Trinajstić information content (AvgIpc) is 2.02. The Labute approximate surface area is 82.9 Å². The highest BCUT2D eigenvalue weighted by atomic mass is 79.9. The van der Waals surface area contributed by atoms with Crippen molar-refractivity contribution in [3.05, 3.63) is 34.1 Å². The van der Waals surface area contributed by atoms with E-state index in [9.17, 15) is 13.5 Å². The summed E-state index contributed by atoms with van der Waals surface area (Å²) in [5.74, 6) is -0.494. The van der Waals surface area contributed by atoms with E-state index in [1.165, 1.54) is 12.1 Å². The molecule has 0 radical (unpaired) electrons. The van der Waals surface area contributed by atoms with Crippen LogP contribution >= 0.6 is 23.8 Å². The third kappa shape index (κ3) is 3.38. The second-order valence-electron chi connectivity index (χ2n) is 2.23. The van der Waals surface area contributed by atoms with Crippen LogP contribution in [0.4, 0.5) is 4.39 Å². The lowest BCUT2D eigenvalue weighted by atomic mass is 10.2. The van der Waals surface area contributed by atoms with E-state index in [4.69, 9.17) is 0 Å². The fourth-order valence-electron chi connectivity index (χ4n) is 0.761. The molecule has 0 saturated heterocycles. The largest absolute Gasteiger partial charge is 0.468 e. The molecule has 0 spiro atoms. The van der Waals surface area contributed by atoms with E-state index in [0.717, 1.165) is 0 Å². The monoisotopic (exact) mass is 266 g/mol. The number of hydrogen-bond donors (Lipinski definition) is 0. The van der Waals surface area contributed by atoms with Gasteiger partial charge in [0.05, 0.1) is 6.61 Å². The van der Waals surface area contributed by atoms with Crippen LogP contribution < -0.4 is 0 Å². The molecular weight excluding hydrogens is 262 g/mol. The Morgan fingerprint density at radius 3 is 2.69 bits per heavy atom. The number of hydrogen-bond acceptors (Lipinski definition) is 3. The summed E-state index contributed by atoms with van der Waals surface area (Å²) in [6, 6.07) is 4.31. The van der Waals surface area contributed by atoms with Crippen molar-refractivity contribution in [2.24, 2.45) is 0 Å². The van der Waals surface area contributed by atoms with Gasteiger partial charge in [0, 0.05) is 10.0 Å². The van der Waals surface area contributed by atoms with Crippen molar-refractivity contribution in [1.29, 1.82) is 0 Å². The maximum Gasteiger partial charge on any atom is 0.468 e. The lowest BCUT2D eigenvalue weighted by Crippen LogP contribution is -1.89. The molecule has 0 N–H and O–H groups in total. The number of halogens is 2. The van der Waals surface area contributed by atoms with Crippen LogP contribution in [0.25, 0.3) is 0 Å². The molecule has 3 nitrogen and oxygen atoms in total. The summed E-state index contributed by atoms with van der Waals surface area (Å²) in [6.07, 6.45) is 0. The molecule has 6 heteroatoms. The minimum Gasteiger partial charge on any atom is -0.266 e. The van der Waals surface area contributed by atoms with E-state index < -0.39 is 13.7 Å². The average molecular weight is 267 g/mol. The van der Waals surface area contributed by atoms with Crippen molar-refractivity contribution >= 4 is 23.8 Å². The Bertz CT molecular complexity index is 370. The van der Waals surface area contributed by atoms with Crippen molar-refractivity contribution < 1.29 is 18.0 Å². The lowest BCUT2D eigenvalue weighted by Gasteiger charge is -1.99. The first-order valence-electron chi connectivity index (χ1n) is 3.31. The predicted octanol–water partition coefficient (Wildman–Crippen LogP) is 3.19. The van der Waals surface area contributed by atoms with E-state index >= 15 is 0 Å². The zero-order chi connectivity index (χ0) is 9.84. The van der Waals surface area contributed by atoms with Gasteiger partial charge < -0.3 is 0 Å². The zero-order valence-electron chi connectivity index (χ0n) is 6.37. The quantitative estimate of drug-likeness (QED) is 0.790. The van der Waals surface area contributed by atoms with Gasteiger partial charge in [-0.2, -0.15) is 0 Å². The van der Waals surface area contributed by atoms with E-state index in [0.29, 0.717) is 4.47 Å². The molecule has 0 atom stereocenters. The van der Waals surface area contributed by atoms with Crippen molar-refractivity contribution in [2.75, 3.05) is 0 Å². The van der Waals surface area contributed by atoms with Crippen molar-refractivity contribution in [3.8, 4) is 0 Å². The van der Waals surface area contributed by atoms with Gasteiger partial charge >= 0.3 is 7.91 Å². The highest BCUT2D eigenvalue weighted by Crippen LogP contribution is 2.18. The Hall–Kier alpha value is -0.510. The Morgan fingerprint density at radius 1 is 1.46 bits per heavy atom. The Morgan fingerprint density at radius 2 is 2.15 bits per heavy atom. The van der Waals surface area contributed by atoms with E-state index in [1.54, 1.807) is 6.07 Å². The molecule has 0 aliphatic carbocycles. The van der Waals surface area contributed by atoms with Crippen LogP contribution in [0.3, 0.4) is 0 Å². The molecule has 0 fully saturated rings. The molecule has 0 saturated carbocycles. The SMILES string of the molecule is O=P(=O)OCc1ccc(Br)cc1F. The molecule has 1 aromatic carbocycles. The predicted molar refractivity (Wildman–Crippen MR) is 47.2 cm³/mol. The summed E-state index contributed by atoms with van der Waals surface area (Å²) in [5, 5.41) is 0. The molecule has 70 valence electrons. The van der Waals surface area contributed by atoms with Gasteiger partial charge in [0.25, 0.3) is 0 Å². The summed E-state index contributed by atoms with van der Waals surface area (Å²) in [7, 11) is -2.92. The standard InChI is InChI=1S/C7H5BrFO3P/c8-6-2-1-5(7(9)3-6)4-12-13(10)11/h1-3H,4H2. The van der Waals surface area contributed by atoms with Gasteiger partial charge in [-0.25, -0.2) is 13.5 Å². The maximum absolute atomic E-state index is 13.0. The second kappa shape index (κ2) is 4.65. The molecule has 0 aliphatic rings. The summed E-state index contributed by atoms with van der Waals surface area (Å²) >= 11 is 3.08. The van der Waals surface area contributed by atoms with Gasteiger partial charge in [0.2, 0.25) is 0 Å². The summed E-state index contributed by atoms with van der Waals surface area (Å²) in [4.78, 5) is 0. The lowest BCUT2D eigenvalue weighted by molar-refractivity contribution is 0.290. The van der Waals surface area contributed by atoms with E-state index in [-0.39, 0.29) is 12.2 Å². The van der Waals surface area contributed by atoms with Gasteiger partial charge in [-0.1, -0.05) is 22.0 Å². The maximum atomic E-state index is 13.0. The van der Waals surface area contributed by atoms with Gasteiger partial charge in [-0.3, -0.25) is 4.52 Å². The number of benzene rings is 1. The molecule has 0 heterocycles. The molecule has 0 unspecified atom stereocenters. The molecule has 0 amide bonds. The third-order valence-electron chi connectivity index (χ3n) is 1.34. The normalized spacial score (nSPS) is 10.0. The van der Waals surface area contributed by atoms with Crippen LogP contribution in [0, 0.1) is 5.82 Å². The summed E-state index contributed by atoms with van der Waals surface area (Å²) in [6.45, 7) is -0.266. The van der Waals surface area contributed by atoms with Crippen LogP contribution in [0.1, 0.15) is 5.56 Å². The van der Waals surface area contributed by atoms with E-state index in [2.05, 4.69) is 20.5 Å². The molecule has 13 heavy (non-hydrogen) atoms. The van der Waals surface area contributed by atoms with Crippen LogP contribution in [-0.2, 0) is 20.3 Å². The zero-order valence-corrected chi connectivity index (χ0v) is 8.85. The summed E-state index contributed by atoms with van der Waals surface area (Å²) in [5.41, 5.74) is 0.211. The fraction of sp³-hybridized carbons (Fsp3) is 0.143. The first kappa shape index (κ1) is 10.6. The van der Waals surface area contributed by atoms with Crippen molar-refractivity contribution in [3.63, 3.8) is 0 Å². The minimum atomic E-state index is -2.92.